The standard InChI is InChI=1S/C15H14N2O2/c18-10-13-5-4-12(19-13)9-17-15-3-1-2-11-8-16-7-6-14(11)15/h1-8,17-18H,9-10H2. The Morgan fingerprint density at radius 2 is 2.00 bits per heavy atom. The number of aromatic nitrogens is 1. The second-order valence-electron chi connectivity index (χ2n) is 4.28. The molecule has 19 heavy (non-hydrogen) atoms. The van der Waals surface area contributed by atoms with Crippen LogP contribution in [-0.4, -0.2) is 10.1 Å². The van der Waals surface area contributed by atoms with E-state index in [0.29, 0.717) is 12.3 Å². The number of benzene rings is 1. The number of anilines is 1. The molecule has 0 atom stereocenters. The van der Waals surface area contributed by atoms with Crippen molar-refractivity contribution >= 4 is 16.5 Å². The van der Waals surface area contributed by atoms with Crippen molar-refractivity contribution in [2.24, 2.45) is 0 Å². The minimum atomic E-state index is -0.0695. The number of aliphatic hydroxyl groups is 1. The highest BCUT2D eigenvalue weighted by Gasteiger charge is 2.03. The van der Waals surface area contributed by atoms with Crippen LogP contribution >= 0.6 is 0 Å². The first kappa shape index (κ1) is 11.7. The Labute approximate surface area is 110 Å². The summed E-state index contributed by atoms with van der Waals surface area (Å²) in [6.07, 6.45) is 3.63. The van der Waals surface area contributed by atoms with Gasteiger partial charge in [-0.25, -0.2) is 0 Å². The van der Waals surface area contributed by atoms with E-state index in [-0.39, 0.29) is 6.61 Å². The maximum atomic E-state index is 8.96. The number of rotatable bonds is 4. The Kier molecular flexibility index (Phi) is 3.16. The minimum Gasteiger partial charge on any atom is -0.462 e. The first-order valence-corrected chi connectivity index (χ1v) is 6.12. The molecule has 0 saturated carbocycles. The summed E-state index contributed by atoms with van der Waals surface area (Å²) in [4.78, 5) is 4.11. The van der Waals surface area contributed by atoms with E-state index >= 15 is 0 Å². The van der Waals surface area contributed by atoms with E-state index in [0.717, 1.165) is 22.2 Å². The van der Waals surface area contributed by atoms with E-state index < -0.39 is 0 Å². The van der Waals surface area contributed by atoms with Crippen LogP contribution in [0.15, 0.2) is 53.2 Å². The first-order valence-electron chi connectivity index (χ1n) is 6.12. The molecule has 0 aliphatic rings. The van der Waals surface area contributed by atoms with Crippen molar-refractivity contribution in [1.29, 1.82) is 0 Å². The van der Waals surface area contributed by atoms with Crippen LogP contribution in [0, 0.1) is 0 Å². The van der Waals surface area contributed by atoms with Gasteiger partial charge >= 0.3 is 0 Å². The molecule has 2 aromatic heterocycles. The summed E-state index contributed by atoms with van der Waals surface area (Å²) in [5.74, 6) is 1.38. The van der Waals surface area contributed by atoms with Crippen LogP contribution in [0.25, 0.3) is 10.8 Å². The molecule has 1 aromatic carbocycles. The average molecular weight is 254 g/mol. The number of aliphatic hydroxyl groups excluding tert-OH is 1. The lowest BCUT2D eigenvalue weighted by molar-refractivity contribution is 0.244. The summed E-state index contributed by atoms with van der Waals surface area (Å²) in [6.45, 7) is 0.515. The molecule has 0 aliphatic carbocycles. The molecule has 0 bridgehead atoms. The highest BCUT2D eigenvalue weighted by Crippen LogP contribution is 2.22. The summed E-state index contributed by atoms with van der Waals surface area (Å²) < 4.78 is 5.44. The zero-order valence-electron chi connectivity index (χ0n) is 10.3. The fourth-order valence-electron chi connectivity index (χ4n) is 2.06. The molecule has 3 rings (SSSR count). The minimum absolute atomic E-state index is 0.0695. The SMILES string of the molecule is OCc1ccc(CNc2cccc3cnccc23)o1. The van der Waals surface area contributed by atoms with Crippen LogP contribution < -0.4 is 5.32 Å². The highest BCUT2D eigenvalue weighted by atomic mass is 16.4. The van der Waals surface area contributed by atoms with Crippen LogP contribution in [0.1, 0.15) is 11.5 Å². The van der Waals surface area contributed by atoms with Crippen LogP contribution in [0.3, 0.4) is 0 Å². The van der Waals surface area contributed by atoms with E-state index in [1.165, 1.54) is 0 Å². The molecular weight excluding hydrogens is 240 g/mol. The van der Waals surface area contributed by atoms with Gasteiger partial charge in [0.05, 0.1) is 6.54 Å². The molecule has 2 N–H and O–H groups in total. The Balaban J connectivity index is 1.81. The lowest BCUT2D eigenvalue weighted by atomic mass is 10.1. The van der Waals surface area contributed by atoms with E-state index in [9.17, 15) is 0 Å². The normalized spacial score (nSPS) is 10.8. The lowest BCUT2D eigenvalue weighted by Gasteiger charge is -2.08. The van der Waals surface area contributed by atoms with Gasteiger partial charge in [-0.1, -0.05) is 12.1 Å². The van der Waals surface area contributed by atoms with Crippen LogP contribution in [-0.2, 0) is 13.2 Å². The van der Waals surface area contributed by atoms with Crippen LogP contribution in [0.2, 0.25) is 0 Å². The summed E-state index contributed by atoms with van der Waals surface area (Å²) in [5, 5.41) is 14.5. The topological polar surface area (TPSA) is 58.3 Å². The van der Waals surface area contributed by atoms with Gasteiger partial charge in [-0.3, -0.25) is 4.98 Å². The molecule has 0 aliphatic heterocycles. The smallest absolute Gasteiger partial charge is 0.129 e. The fourth-order valence-corrected chi connectivity index (χ4v) is 2.06. The van der Waals surface area contributed by atoms with Crippen molar-refractivity contribution in [1.82, 2.24) is 4.98 Å². The van der Waals surface area contributed by atoms with E-state index in [2.05, 4.69) is 10.3 Å². The maximum Gasteiger partial charge on any atom is 0.129 e. The molecule has 0 saturated heterocycles. The second kappa shape index (κ2) is 5.12. The predicted octanol–water partition coefficient (Wildman–Crippen LogP) is 2.93. The molecule has 0 amide bonds. The third-order valence-corrected chi connectivity index (χ3v) is 3.01. The summed E-state index contributed by atoms with van der Waals surface area (Å²) in [6, 6.07) is 11.7. The van der Waals surface area contributed by atoms with Gasteiger partial charge < -0.3 is 14.8 Å². The molecular formula is C15H14N2O2. The van der Waals surface area contributed by atoms with Crippen LogP contribution in [0.4, 0.5) is 5.69 Å². The number of furan rings is 1. The average Bonchev–Trinajstić information content (AvgIpc) is 2.93. The molecule has 0 spiro atoms. The van der Waals surface area contributed by atoms with Crippen LogP contribution in [0.5, 0.6) is 0 Å². The summed E-state index contributed by atoms with van der Waals surface area (Å²) in [5.41, 5.74) is 1.04. The quantitative estimate of drug-likeness (QED) is 0.751. The largest absolute Gasteiger partial charge is 0.462 e. The van der Waals surface area contributed by atoms with Crippen molar-refractivity contribution in [3.8, 4) is 0 Å². The van der Waals surface area contributed by atoms with Crippen molar-refractivity contribution in [3.05, 3.63) is 60.3 Å². The van der Waals surface area contributed by atoms with Gasteiger partial charge in [-0.15, -0.1) is 0 Å². The molecule has 4 nitrogen and oxygen atoms in total. The third kappa shape index (κ3) is 2.44. The lowest BCUT2D eigenvalue weighted by Crippen LogP contribution is -1.98. The van der Waals surface area contributed by atoms with Crippen molar-refractivity contribution in [2.75, 3.05) is 5.32 Å². The first-order chi connectivity index (χ1) is 9.36. The Bertz CT molecular complexity index is 686. The molecule has 3 aromatic rings. The van der Waals surface area contributed by atoms with E-state index in [1.807, 2.05) is 36.5 Å². The van der Waals surface area contributed by atoms with Gasteiger partial charge in [0.25, 0.3) is 0 Å². The molecule has 2 heterocycles. The zero-order valence-corrected chi connectivity index (χ0v) is 10.3. The number of pyridine rings is 1. The molecule has 4 heteroatoms. The predicted molar refractivity (Wildman–Crippen MR) is 73.7 cm³/mol. The summed E-state index contributed by atoms with van der Waals surface area (Å²) in [7, 11) is 0. The summed E-state index contributed by atoms with van der Waals surface area (Å²) >= 11 is 0. The number of hydrogen-bond acceptors (Lipinski definition) is 4. The second-order valence-corrected chi connectivity index (χ2v) is 4.28. The van der Waals surface area contributed by atoms with Crippen molar-refractivity contribution in [3.63, 3.8) is 0 Å². The number of nitrogens with one attached hydrogen (secondary N) is 1. The number of hydrogen-bond donors (Lipinski definition) is 2. The maximum absolute atomic E-state index is 8.96. The van der Waals surface area contributed by atoms with Crippen molar-refractivity contribution < 1.29 is 9.52 Å². The number of nitrogens with zero attached hydrogens (tertiary/aromatic N) is 1. The van der Waals surface area contributed by atoms with E-state index in [4.69, 9.17) is 9.52 Å². The van der Waals surface area contributed by atoms with Gasteiger partial charge in [0.15, 0.2) is 0 Å². The molecule has 0 unspecified atom stereocenters. The molecule has 0 radical (unpaired) electrons. The van der Waals surface area contributed by atoms with Gasteiger partial charge in [0.2, 0.25) is 0 Å². The van der Waals surface area contributed by atoms with Gasteiger partial charge in [0.1, 0.15) is 18.1 Å². The molecule has 96 valence electrons. The third-order valence-electron chi connectivity index (χ3n) is 3.01. The monoisotopic (exact) mass is 254 g/mol. The van der Waals surface area contributed by atoms with Crippen molar-refractivity contribution in [2.45, 2.75) is 13.2 Å². The van der Waals surface area contributed by atoms with Gasteiger partial charge in [-0.2, -0.15) is 0 Å². The Hall–Kier alpha value is -2.33. The number of fused-ring (bicyclic) bond motifs is 1. The van der Waals surface area contributed by atoms with Gasteiger partial charge in [-0.05, 0) is 24.3 Å². The fraction of sp³-hybridized carbons (Fsp3) is 0.133. The van der Waals surface area contributed by atoms with E-state index in [1.54, 1.807) is 12.3 Å². The van der Waals surface area contributed by atoms with Gasteiger partial charge in [0, 0.05) is 28.9 Å². The Morgan fingerprint density at radius 1 is 1.11 bits per heavy atom. The zero-order chi connectivity index (χ0) is 13.1. The highest BCUT2D eigenvalue weighted by molar-refractivity contribution is 5.93. The Morgan fingerprint density at radius 3 is 2.84 bits per heavy atom. The molecule has 0 fully saturated rings.